The lowest BCUT2D eigenvalue weighted by atomic mass is 9.91. The molecule has 0 fully saturated rings. The van der Waals surface area contributed by atoms with Gasteiger partial charge in [-0.05, 0) is 12.8 Å². The van der Waals surface area contributed by atoms with Gasteiger partial charge in [-0.15, -0.1) is 11.3 Å². The van der Waals surface area contributed by atoms with Crippen LogP contribution in [0.4, 0.5) is 0 Å². The first-order chi connectivity index (χ1) is 8.34. The molecule has 0 saturated heterocycles. The van der Waals surface area contributed by atoms with Gasteiger partial charge >= 0.3 is 0 Å². The van der Waals surface area contributed by atoms with Gasteiger partial charge in [0.1, 0.15) is 10.6 Å². The van der Waals surface area contributed by atoms with Crippen LogP contribution < -0.4 is 5.73 Å². The number of ether oxygens (including phenoxy) is 1. The van der Waals surface area contributed by atoms with Crippen LogP contribution in [0.3, 0.4) is 0 Å². The summed E-state index contributed by atoms with van der Waals surface area (Å²) in [6, 6.07) is 0. The van der Waals surface area contributed by atoms with Crippen molar-refractivity contribution in [2.75, 3.05) is 7.11 Å². The highest BCUT2D eigenvalue weighted by Crippen LogP contribution is 2.39. The fourth-order valence-corrected chi connectivity index (χ4v) is 3.66. The molecule has 0 aliphatic heterocycles. The molecule has 1 rings (SSSR count). The van der Waals surface area contributed by atoms with Crippen LogP contribution in [-0.2, 0) is 22.3 Å². The summed E-state index contributed by atoms with van der Waals surface area (Å²) >= 11 is 1.71. The topological polar surface area (TPSA) is 48.1 Å². The van der Waals surface area contributed by atoms with E-state index in [0.29, 0.717) is 6.54 Å². The average molecular weight is 270 g/mol. The summed E-state index contributed by atoms with van der Waals surface area (Å²) in [4.78, 5) is 6.03. The van der Waals surface area contributed by atoms with Gasteiger partial charge in [0.05, 0.1) is 5.69 Å². The van der Waals surface area contributed by atoms with Crippen LogP contribution in [-0.4, -0.2) is 12.1 Å². The highest BCUT2D eigenvalue weighted by molar-refractivity contribution is 7.11. The molecule has 1 heterocycles. The standard InChI is InChI=1S/C14H26N2OS/c1-7-14(8-2,17-6)12-16-11(13(3,4)5)10(9-15)18-12/h7-9,15H2,1-6H3. The van der Waals surface area contributed by atoms with Gasteiger partial charge in [-0.2, -0.15) is 0 Å². The second-order valence-corrected chi connectivity index (χ2v) is 6.73. The van der Waals surface area contributed by atoms with E-state index in [1.807, 2.05) is 0 Å². The zero-order chi connectivity index (χ0) is 14.0. The molecule has 104 valence electrons. The Hall–Kier alpha value is -0.450. The Bertz CT molecular complexity index is 381. The molecule has 0 radical (unpaired) electrons. The van der Waals surface area contributed by atoms with Crippen LogP contribution in [0.1, 0.15) is 63.0 Å². The predicted octanol–water partition coefficient (Wildman–Crippen LogP) is 3.56. The smallest absolute Gasteiger partial charge is 0.125 e. The first-order valence-corrected chi connectivity index (χ1v) is 7.42. The Kier molecular flexibility index (Phi) is 4.92. The number of nitrogens with two attached hydrogens (primary N) is 1. The van der Waals surface area contributed by atoms with Crippen molar-refractivity contribution in [1.82, 2.24) is 4.98 Å². The van der Waals surface area contributed by atoms with E-state index in [2.05, 4.69) is 34.6 Å². The van der Waals surface area contributed by atoms with Crippen LogP contribution in [0.15, 0.2) is 0 Å². The van der Waals surface area contributed by atoms with Gasteiger partial charge in [-0.3, -0.25) is 0 Å². The molecule has 0 aromatic carbocycles. The highest BCUT2D eigenvalue weighted by Gasteiger charge is 2.34. The molecule has 3 nitrogen and oxygen atoms in total. The molecule has 4 heteroatoms. The number of hydrogen-bond donors (Lipinski definition) is 1. The summed E-state index contributed by atoms with van der Waals surface area (Å²) in [5.74, 6) is 0. The predicted molar refractivity (Wildman–Crippen MR) is 78.0 cm³/mol. The van der Waals surface area contributed by atoms with Crippen molar-refractivity contribution in [1.29, 1.82) is 0 Å². The Balaban J connectivity index is 3.31. The van der Waals surface area contributed by atoms with Gasteiger partial charge in [0, 0.05) is 23.9 Å². The first-order valence-electron chi connectivity index (χ1n) is 6.60. The van der Waals surface area contributed by atoms with Crippen LogP contribution in [0.25, 0.3) is 0 Å². The van der Waals surface area contributed by atoms with Crippen LogP contribution >= 0.6 is 11.3 Å². The third-order valence-electron chi connectivity index (χ3n) is 3.52. The molecule has 2 N–H and O–H groups in total. The Morgan fingerprint density at radius 3 is 2.06 bits per heavy atom. The minimum atomic E-state index is -0.252. The largest absolute Gasteiger partial charge is 0.371 e. The van der Waals surface area contributed by atoms with Crippen molar-refractivity contribution in [3.05, 3.63) is 15.6 Å². The van der Waals surface area contributed by atoms with E-state index in [4.69, 9.17) is 15.5 Å². The number of aromatic nitrogens is 1. The number of nitrogens with zero attached hydrogens (tertiary/aromatic N) is 1. The highest BCUT2D eigenvalue weighted by atomic mass is 32.1. The van der Waals surface area contributed by atoms with E-state index in [-0.39, 0.29) is 11.0 Å². The molecule has 0 saturated carbocycles. The summed E-state index contributed by atoms with van der Waals surface area (Å²) in [5.41, 5.74) is 6.76. The summed E-state index contributed by atoms with van der Waals surface area (Å²) in [5, 5.41) is 1.07. The maximum absolute atomic E-state index is 5.86. The number of methoxy groups -OCH3 is 1. The summed E-state index contributed by atoms with van der Waals surface area (Å²) in [6.07, 6.45) is 1.86. The SMILES string of the molecule is CCC(CC)(OC)c1nc(C(C)(C)C)c(CN)s1. The van der Waals surface area contributed by atoms with E-state index >= 15 is 0 Å². The van der Waals surface area contributed by atoms with E-state index in [1.165, 1.54) is 4.88 Å². The summed E-state index contributed by atoms with van der Waals surface area (Å²) < 4.78 is 5.75. The van der Waals surface area contributed by atoms with Crippen molar-refractivity contribution < 1.29 is 4.74 Å². The van der Waals surface area contributed by atoms with E-state index in [1.54, 1.807) is 18.4 Å². The van der Waals surface area contributed by atoms with E-state index < -0.39 is 0 Å². The fourth-order valence-electron chi connectivity index (χ4n) is 2.20. The third kappa shape index (κ3) is 2.76. The van der Waals surface area contributed by atoms with E-state index in [9.17, 15) is 0 Å². The zero-order valence-electron chi connectivity index (χ0n) is 12.5. The maximum atomic E-state index is 5.86. The average Bonchev–Trinajstić information content (AvgIpc) is 2.77. The van der Waals surface area contributed by atoms with Crippen molar-refractivity contribution in [2.45, 2.75) is 65.0 Å². The summed E-state index contributed by atoms with van der Waals surface area (Å²) in [6.45, 7) is 11.4. The van der Waals surface area contributed by atoms with Crippen LogP contribution in [0, 0.1) is 0 Å². The lowest BCUT2D eigenvalue weighted by Gasteiger charge is -2.27. The van der Waals surface area contributed by atoms with Crippen molar-refractivity contribution in [3.8, 4) is 0 Å². The van der Waals surface area contributed by atoms with Crippen LogP contribution in [0.2, 0.25) is 0 Å². The quantitative estimate of drug-likeness (QED) is 0.890. The van der Waals surface area contributed by atoms with Gasteiger partial charge in [-0.25, -0.2) is 4.98 Å². The minimum Gasteiger partial charge on any atom is -0.371 e. The lowest BCUT2D eigenvalue weighted by molar-refractivity contribution is -0.0220. The second-order valence-electron chi connectivity index (χ2n) is 5.65. The third-order valence-corrected chi connectivity index (χ3v) is 4.78. The molecule has 1 aromatic heterocycles. The minimum absolute atomic E-state index is 0.0322. The second kappa shape index (κ2) is 5.68. The van der Waals surface area contributed by atoms with Gasteiger partial charge < -0.3 is 10.5 Å². The molecular weight excluding hydrogens is 244 g/mol. The Morgan fingerprint density at radius 1 is 1.22 bits per heavy atom. The normalized spacial score (nSPS) is 13.1. The first kappa shape index (κ1) is 15.6. The lowest BCUT2D eigenvalue weighted by Crippen LogP contribution is -2.27. The van der Waals surface area contributed by atoms with Gasteiger partial charge in [0.15, 0.2) is 0 Å². The molecule has 0 atom stereocenters. The fraction of sp³-hybridized carbons (Fsp3) is 0.786. The monoisotopic (exact) mass is 270 g/mol. The Morgan fingerprint density at radius 2 is 1.78 bits per heavy atom. The molecule has 18 heavy (non-hydrogen) atoms. The molecule has 0 aliphatic rings. The van der Waals surface area contributed by atoms with Gasteiger partial charge in [0.25, 0.3) is 0 Å². The maximum Gasteiger partial charge on any atom is 0.125 e. The molecule has 0 amide bonds. The molecular formula is C14H26N2OS. The molecule has 0 spiro atoms. The molecule has 0 unspecified atom stereocenters. The summed E-state index contributed by atoms with van der Waals surface area (Å²) in [7, 11) is 1.77. The molecule has 0 aliphatic carbocycles. The number of hydrogen-bond acceptors (Lipinski definition) is 4. The van der Waals surface area contributed by atoms with Crippen molar-refractivity contribution in [2.24, 2.45) is 5.73 Å². The number of thiazole rings is 1. The van der Waals surface area contributed by atoms with Gasteiger partial charge in [0.2, 0.25) is 0 Å². The van der Waals surface area contributed by atoms with E-state index in [0.717, 1.165) is 23.5 Å². The van der Waals surface area contributed by atoms with Crippen molar-refractivity contribution in [3.63, 3.8) is 0 Å². The Labute approximate surface area is 115 Å². The molecule has 1 aromatic rings. The van der Waals surface area contributed by atoms with Crippen LogP contribution in [0.5, 0.6) is 0 Å². The molecule has 0 bridgehead atoms. The van der Waals surface area contributed by atoms with Crippen molar-refractivity contribution >= 4 is 11.3 Å². The zero-order valence-corrected chi connectivity index (χ0v) is 13.3. The number of rotatable bonds is 5. The van der Waals surface area contributed by atoms with Gasteiger partial charge in [-0.1, -0.05) is 34.6 Å².